The first-order chi connectivity index (χ1) is 10.5. The number of fused-ring (bicyclic) bond motifs is 1. The van der Waals surface area contributed by atoms with Crippen molar-refractivity contribution in [2.45, 2.75) is 17.3 Å². The highest BCUT2D eigenvalue weighted by Gasteiger charge is 2.24. The molecule has 0 radical (unpaired) electrons. The van der Waals surface area contributed by atoms with E-state index in [9.17, 15) is 13.6 Å². The molecule has 0 bridgehead atoms. The number of carbonyl (C=O) groups excluding carboxylic acids is 1. The van der Waals surface area contributed by atoms with Crippen LogP contribution in [-0.2, 0) is 9.53 Å². The predicted octanol–water partition coefficient (Wildman–Crippen LogP) is 2.18. The van der Waals surface area contributed by atoms with E-state index < -0.39 is 11.6 Å². The molecule has 118 valence electrons. The minimum absolute atomic E-state index is 0.00566. The largest absolute Gasteiger partial charge is 0.378 e. The summed E-state index contributed by atoms with van der Waals surface area (Å²) in [6.45, 7) is 4.05. The number of ether oxygens (including phenoxy) is 1. The Bertz CT molecular complexity index is 662. The highest BCUT2D eigenvalue weighted by atomic mass is 32.2. The van der Waals surface area contributed by atoms with E-state index >= 15 is 0 Å². The fourth-order valence-corrected chi connectivity index (χ4v) is 3.20. The molecule has 1 amide bonds. The summed E-state index contributed by atoms with van der Waals surface area (Å²) in [5.41, 5.74) is 0.750. The number of amides is 1. The molecule has 1 N–H and O–H groups in total. The van der Waals surface area contributed by atoms with Crippen LogP contribution < -0.4 is 0 Å². The number of benzene rings is 1. The van der Waals surface area contributed by atoms with Crippen molar-refractivity contribution < 1.29 is 18.3 Å². The molecule has 2 heterocycles. The average Bonchev–Trinajstić information content (AvgIpc) is 2.89. The third kappa shape index (κ3) is 3.07. The first-order valence-corrected chi connectivity index (χ1v) is 7.80. The molecular formula is C14H15F2N3O2S. The van der Waals surface area contributed by atoms with E-state index in [4.69, 9.17) is 4.74 Å². The van der Waals surface area contributed by atoms with Gasteiger partial charge in [0.25, 0.3) is 0 Å². The number of rotatable bonds is 3. The van der Waals surface area contributed by atoms with Gasteiger partial charge in [0.15, 0.2) is 16.8 Å². The topological polar surface area (TPSA) is 58.2 Å². The summed E-state index contributed by atoms with van der Waals surface area (Å²) in [6.07, 6.45) is 0. The Balaban J connectivity index is 1.73. The van der Waals surface area contributed by atoms with Crippen molar-refractivity contribution in [3.05, 3.63) is 23.8 Å². The van der Waals surface area contributed by atoms with Crippen LogP contribution in [0.5, 0.6) is 0 Å². The number of aromatic nitrogens is 2. The van der Waals surface area contributed by atoms with Crippen LogP contribution in [0, 0.1) is 11.6 Å². The van der Waals surface area contributed by atoms with Crippen molar-refractivity contribution in [1.82, 2.24) is 14.9 Å². The van der Waals surface area contributed by atoms with Gasteiger partial charge in [0.05, 0.1) is 29.5 Å². The summed E-state index contributed by atoms with van der Waals surface area (Å²) in [4.78, 5) is 21.2. The number of nitrogens with zero attached hydrogens (tertiary/aromatic N) is 2. The normalized spacial score (nSPS) is 17.0. The van der Waals surface area contributed by atoms with Gasteiger partial charge < -0.3 is 14.6 Å². The lowest BCUT2D eigenvalue weighted by molar-refractivity contribution is -0.134. The monoisotopic (exact) mass is 327 g/mol. The van der Waals surface area contributed by atoms with E-state index in [0.717, 1.165) is 12.1 Å². The van der Waals surface area contributed by atoms with Gasteiger partial charge in [-0.2, -0.15) is 0 Å². The van der Waals surface area contributed by atoms with E-state index in [0.29, 0.717) is 42.5 Å². The van der Waals surface area contributed by atoms with Crippen molar-refractivity contribution in [1.29, 1.82) is 0 Å². The van der Waals surface area contributed by atoms with E-state index in [2.05, 4.69) is 9.97 Å². The van der Waals surface area contributed by atoms with Gasteiger partial charge in [-0.25, -0.2) is 13.8 Å². The average molecular weight is 327 g/mol. The van der Waals surface area contributed by atoms with E-state index in [1.165, 1.54) is 11.8 Å². The van der Waals surface area contributed by atoms with Gasteiger partial charge in [0.2, 0.25) is 5.91 Å². The maximum Gasteiger partial charge on any atom is 0.236 e. The SMILES string of the molecule is CC(Sc1nc2cc(F)c(F)cc2[nH]1)C(=O)N1CCOCC1. The lowest BCUT2D eigenvalue weighted by atomic mass is 10.3. The van der Waals surface area contributed by atoms with Crippen LogP contribution in [0.3, 0.4) is 0 Å². The number of imidazole rings is 1. The Morgan fingerprint density at radius 3 is 2.77 bits per heavy atom. The zero-order valence-electron chi connectivity index (χ0n) is 11.9. The maximum absolute atomic E-state index is 13.2. The molecule has 1 aromatic carbocycles. The molecule has 5 nitrogen and oxygen atoms in total. The fourth-order valence-electron chi connectivity index (χ4n) is 2.30. The van der Waals surface area contributed by atoms with Crippen LogP contribution in [0.25, 0.3) is 11.0 Å². The predicted molar refractivity (Wildman–Crippen MR) is 78.7 cm³/mol. The third-order valence-electron chi connectivity index (χ3n) is 3.46. The van der Waals surface area contributed by atoms with Crippen molar-refractivity contribution in [3.63, 3.8) is 0 Å². The minimum atomic E-state index is -0.937. The van der Waals surface area contributed by atoms with Crippen molar-refractivity contribution in [2.75, 3.05) is 26.3 Å². The fraction of sp³-hybridized carbons (Fsp3) is 0.429. The smallest absolute Gasteiger partial charge is 0.236 e. The van der Waals surface area contributed by atoms with E-state index in [1.54, 1.807) is 11.8 Å². The molecule has 0 spiro atoms. The molecule has 0 saturated carbocycles. The number of hydrogen-bond acceptors (Lipinski definition) is 4. The molecule has 3 rings (SSSR count). The van der Waals surface area contributed by atoms with Gasteiger partial charge in [0.1, 0.15) is 0 Å². The zero-order chi connectivity index (χ0) is 15.7. The summed E-state index contributed by atoms with van der Waals surface area (Å²) >= 11 is 1.24. The molecule has 1 atom stereocenters. The molecule has 1 saturated heterocycles. The third-order valence-corrected chi connectivity index (χ3v) is 4.43. The lowest BCUT2D eigenvalue weighted by Crippen LogP contribution is -2.44. The summed E-state index contributed by atoms with van der Waals surface area (Å²) in [5, 5.41) is 0.127. The summed E-state index contributed by atoms with van der Waals surface area (Å²) in [5.74, 6) is -1.86. The van der Waals surface area contributed by atoms with Gasteiger partial charge in [-0.1, -0.05) is 11.8 Å². The molecule has 0 aliphatic carbocycles. The number of halogens is 2. The highest BCUT2D eigenvalue weighted by molar-refractivity contribution is 8.00. The molecule has 1 aromatic heterocycles. The number of thioether (sulfide) groups is 1. The maximum atomic E-state index is 13.2. The molecule has 1 unspecified atom stereocenters. The van der Waals surface area contributed by atoms with E-state index in [1.807, 2.05) is 0 Å². The molecule has 22 heavy (non-hydrogen) atoms. The molecule has 8 heteroatoms. The van der Waals surface area contributed by atoms with Crippen LogP contribution in [0.1, 0.15) is 6.92 Å². The molecular weight excluding hydrogens is 312 g/mol. The summed E-state index contributed by atoms with van der Waals surface area (Å²) in [6, 6.07) is 2.11. The summed E-state index contributed by atoms with van der Waals surface area (Å²) < 4.78 is 31.6. The van der Waals surface area contributed by atoms with Crippen LogP contribution >= 0.6 is 11.8 Å². The van der Waals surface area contributed by atoms with Crippen molar-refractivity contribution >= 4 is 28.7 Å². The zero-order valence-corrected chi connectivity index (χ0v) is 12.8. The highest BCUT2D eigenvalue weighted by Crippen LogP contribution is 2.26. The Morgan fingerprint density at radius 2 is 2.05 bits per heavy atom. The Kier molecular flexibility index (Phi) is 4.30. The van der Waals surface area contributed by atoms with Gasteiger partial charge in [-0.05, 0) is 6.92 Å². The molecule has 2 aromatic rings. The number of aromatic amines is 1. The number of morpholine rings is 1. The Labute approximate surface area is 130 Å². The van der Waals surface area contributed by atoms with Crippen LogP contribution in [0.4, 0.5) is 8.78 Å². The van der Waals surface area contributed by atoms with Crippen molar-refractivity contribution in [3.8, 4) is 0 Å². The molecule has 1 aliphatic heterocycles. The number of carbonyl (C=O) groups is 1. The first-order valence-electron chi connectivity index (χ1n) is 6.92. The van der Waals surface area contributed by atoms with Gasteiger partial charge in [-0.3, -0.25) is 4.79 Å². The first kappa shape index (κ1) is 15.2. The van der Waals surface area contributed by atoms with Gasteiger partial charge >= 0.3 is 0 Å². The quantitative estimate of drug-likeness (QED) is 0.878. The van der Waals surface area contributed by atoms with Crippen molar-refractivity contribution in [2.24, 2.45) is 0 Å². The second kappa shape index (κ2) is 6.21. The molecule has 1 aliphatic rings. The molecule has 1 fully saturated rings. The van der Waals surface area contributed by atoms with Gasteiger partial charge in [-0.15, -0.1) is 0 Å². The number of nitrogens with one attached hydrogen (secondary N) is 1. The van der Waals surface area contributed by atoms with E-state index in [-0.39, 0.29) is 11.2 Å². The van der Waals surface area contributed by atoms with Crippen LogP contribution in [-0.4, -0.2) is 52.3 Å². The number of hydrogen-bond donors (Lipinski definition) is 1. The Morgan fingerprint density at radius 1 is 1.36 bits per heavy atom. The van der Waals surface area contributed by atoms with Gasteiger partial charge in [0, 0.05) is 25.2 Å². The Hall–Kier alpha value is -1.67. The minimum Gasteiger partial charge on any atom is -0.378 e. The number of H-pyrrole nitrogens is 1. The van der Waals surface area contributed by atoms with Crippen LogP contribution in [0.2, 0.25) is 0 Å². The summed E-state index contributed by atoms with van der Waals surface area (Å²) in [7, 11) is 0. The second-order valence-electron chi connectivity index (χ2n) is 5.02. The second-order valence-corrected chi connectivity index (χ2v) is 6.35. The standard InChI is InChI=1S/C14H15F2N3O2S/c1-8(13(20)19-2-4-21-5-3-19)22-14-17-11-6-9(15)10(16)7-12(11)18-14/h6-8H,2-5H2,1H3,(H,17,18). The van der Waals surface area contributed by atoms with Crippen LogP contribution in [0.15, 0.2) is 17.3 Å². The lowest BCUT2D eigenvalue weighted by Gasteiger charge is -2.28.